The van der Waals surface area contributed by atoms with E-state index >= 15 is 0 Å². The van der Waals surface area contributed by atoms with Gasteiger partial charge in [0.05, 0.1) is 24.3 Å². The van der Waals surface area contributed by atoms with Gasteiger partial charge in [-0.05, 0) is 12.8 Å². The van der Waals surface area contributed by atoms with Gasteiger partial charge in [-0.15, -0.1) is 0 Å². The fraction of sp³-hybridized carbons (Fsp3) is 0.857. The van der Waals surface area contributed by atoms with E-state index < -0.39 is 12.2 Å². The molecule has 2 rings (SSSR count). The number of rotatable bonds is 9. The molecule has 0 aromatic heterocycles. The monoisotopic (exact) mass is 346 g/mol. The number of carbonyl (C=O) groups is 2. The van der Waals surface area contributed by atoms with E-state index in [0.29, 0.717) is 11.7 Å². The molecule has 132 valence electrons. The molecule has 9 heteroatoms. The molecule has 8 nitrogen and oxygen atoms in total. The zero-order chi connectivity index (χ0) is 16.8. The van der Waals surface area contributed by atoms with Crippen LogP contribution in [0.25, 0.3) is 0 Å². The summed E-state index contributed by atoms with van der Waals surface area (Å²) in [6.07, 6.45) is 0.985. The van der Waals surface area contributed by atoms with E-state index in [1.54, 1.807) is 0 Å². The van der Waals surface area contributed by atoms with Gasteiger partial charge in [0.15, 0.2) is 0 Å². The smallest absolute Gasteiger partial charge is 0.315 e. The Hall–Kier alpha value is -1.03. The highest BCUT2D eigenvalue weighted by Gasteiger charge is 2.42. The van der Waals surface area contributed by atoms with E-state index in [1.165, 1.54) is 0 Å². The van der Waals surface area contributed by atoms with Gasteiger partial charge < -0.3 is 31.9 Å². The Balaban J connectivity index is 1.55. The van der Waals surface area contributed by atoms with Crippen LogP contribution in [-0.2, 0) is 4.79 Å². The summed E-state index contributed by atoms with van der Waals surface area (Å²) in [5.41, 5.74) is 5.23. The molecule has 5 unspecified atom stereocenters. The molecule has 0 bridgehead atoms. The zero-order valence-electron chi connectivity index (χ0n) is 13.0. The first-order valence-electron chi connectivity index (χ1n) is 8.02. The highest BCUT2D eigenvalue weighted by Crippen LogP contribution is 2.33. The summed E-state index contributed by atoms with van der Waals surface area (Å²) in [4.78, 5) is 23.0. The van der Waals surface area contributed by atoms with Crippen molar-refractivity contribution in [2.45, 2.75) is 55.2 Å². The van der Waals surface area contributed by atoms with Crippen molar-refractivity contribution < 1.29 is 19.8 Å². The summed E-state index contributed by atoms with van der Waals surface area (Å²) in [7, 11) is 0. The summed E-state index contributed by atoms with van der Waals surface area (Å²) < 4.78 is 0. The van der Waals surface area contributed by atoms with Gasteiger partial charge in [0, 0.05) is 30.5 Å². The molecular formula is C14H26N4O4S. The van der Waals surface area contributed by atoms with Gasteiger partial charge >= 0.3 is 6.03 Å². The lowest BCUT2D eigenvalue weighted by Crippen LogP contribution is -2.42. The van der Waals surface area contributed by atoms with E-state index in [9.17, 15) is 19.8 Å². The maximum Gasteiger partial charge on any atom is 0.315 e. The largest absolute Gasteiger partial charge is 0.389 e. The molecule has 2 aliphatic heterocycles. The minimum atomic E-state index is -1.03. The zero-order valence-corrected chi connectivity index (χ0v) is 13.8. The topological polar surface area (TPSA) is 137 Å². The number of urea groups is 1. The van der Waals surface area contributed by atoms with Crippen LogP contribution in [0.2, 0.25) is 0 Å². The number of carbonyl (C=O) groups excluding carboxylic acids is 2. The highest BCUT2D eigenvalue weighted by atomic mass is 32.2. The molecule has 23 heavy (non-hydrogen) atoms. The summed E-state index contributed by atoms with van der Waals surface area (Å²) in [6, 6.07) is 0.355. The lowest BCUT2D eigenvalue weighted by Gasteiger charge is -2.17. The third kappa shape index (κ3) is 5.23. The SMILES string of the molecule is NCC(O)C(O)CNC(=O)CCCCC1SCC2NC(=O)NC21. The number of fused-ring (bicyclic) bond motifs is 1. The Morgan fingerprint density at radius 3 is 2.87 bits per heavy atom. The van der Waals surface area contributed by atoms with E-state index in [2.05, 4.69) is 16.0 Å². The molecule has 5 atom stereocenters. The Bertz CT molecular complexity index is 426. The number of aliphatic hydroxyl groups is 2. The molecule has 2 aliphatic rings. The van der Waals surface area contributed by atoms with E-state index in [0.717, 1.165) is 25.0 Å². The lowest BCUT2D eigenvalue weighted by atomic mass is 10.0. The van der Waals surface area contributed by atoms with Gasteiger partial charge in [-0.3, -0.25) is 4.79 Å². The van der Waals surface area contributed by atoms with Crippen LogP contribution in [-0.4, -0.2) is 70.5 Å². The molecule has 0 aromatic carbocycles. The van der Waals surface area contributed by atoms with Crippen LogP contribution in [0.5, 0.6) is 0 Å². The second-order valence-electron chi connectivity index (χ2n) is 6.04. The summed E-state index contributed by atoms with van der Waals surface area (Å²) >= 11 is 1.86. The van der Waals surface area contributed by atoms with Crippen molar-refractivity contribution in [1.29, 1.82) is 0 Å². The van der Waals surface area contributed by atoms with Crippen LogP contribution in [0.1, 0.15) is 25.7 Å². The fourth-order valence-corrected chi connectivity index (χ4v) is 4.42. The van der Waals surface area contributed by atoms with Gasteiger partial charge in [-0.1, -0.05) is 6.42 Å². The molecular weight excluding hydrogens is 320 g/mol. The number of unbranched alkanes of at least 4 members (excludes halogenated alkanes) is 1. The van der Waals surface area contributed by atoms with Crippen molar-refractivity contribution >= 4 is 23.7 Å². The van der Waals surface area contributed by atoms with E-state index in [-0.39, 0.29) is 37.1 Å². The van der Waals surface area contributed by atoms with Crippen LogP contribution >= 0.6 is 11.8 Å². The third-order valence-electron chi connectivity index (χ3n) is 4.27. The molecule has 0 spiro atoms. The van der Waals surface area contributed by atoms with Gasteiger partial charge in [0.2, 0.25) is 5.91 Å². The fourth-order valence-electron chi connectivity index (χ4n) is 2.87. The second-order valence-corrected chi connectivity index (χ2v) is 7.31. The number of amides is 3. The van der Waals surface area contributed by atoms with Gasteiger partial charge in [-0.25, -0.2) is 4.79 Å². The standard InChI is InChI=1S/C14H26N4O4S/c15-5-9(19)10(20)6-16-12(21)4-2-1-3-11-13-8(7-23-11)17-14(22)18-13/h8-11,13,19-20H,1-7,15H2,(H,16,21)(H2,17,18,22). The highest BCUT2D eigenvalue weighted by molar-refractivity contribution is 8.00. The van der Waals surface area contributed by atoms with E-state index in [1.807, 2.05) is 11.8 Å². The summed E-state index contributed by atoms with van der Waals surface area (Å²) in [5.74, 6) is 0.802. The minimum Gasteiger partial charge on any atom is -0.389 e. The second kappa shape index (κ2) is 8.72. The molecule has 2 fully saturated rings. The quantitative estimate of drug-likeness (QED) is 0.222. The Kier molecular flexibility index (Phi) is 6.94. The van der Waals surface area contributed by atoms with Crippen molar-refractivity contribution in [2.24, 2.45) is 5.73 Å². The number of aliphatic hydroxyl groups excluding tert-OH is 2. The Morgan fingerprint density at radius 1 is 1.35 bits per heavy atom. The minimum absolute atomic E-state index is 0.0110. The normalized spacial score (nSPS) is 28.7. The number of nitrogens with two attached hydrogens (primary N) is 1. The van der Waals surface area contributed by atoms with Crippen molar-refractivity contribution in [1.82, 2.24) is 16.0 Å². The van der Waals surface area contributed by atoms with Crippen molar-refractivity contribution in [2.75, 3.05) is 18.8 Å². The molecule has 0 saturated carbocycles. The van der Waals surface area contributed by atoms with Crippen molar-refractivity contribution in [3.63, 3.8) is 0 Å². The first-order chi connectivity index (χ1) is 11.0. The molecule has 0 radical (unpaired) electrons. The molecule has 2 saturated heterocycles. The molecule has 0 aliphatic carbocycles. The van der Waals surface area contributed by atoms with Crippen LogP contribution < -0.4 is 21.7 Å². The van der Waals surface area contributed by atoms with E-state index in [4.69, 9.17) is 5.73 Å². The average molecular weight is 346 g/mol. The van der Waals surface area contributed by atoms with Crippen LogP contribution in [0.3, 0.4) is 0 Å². The predicted octanol–water partition coefficient (Wildman–Crippen LogP) is -1.49. The average Bonchev–Trinajstić information content (AvgIpc) is 3.07. The molecule has 0 aromatic rings. The van der Waals surface area contributed by atoms with Crippen LogP contribution in [0.15, 0.2) is 0 Å². The molecule has 3 amide bonds. The number of nitrogens with one attached hydrogen (secondary N) is 3. The maximum absolute atomic E-state index is 11.7. The number of thioether (sulfide) groups is 1. The first-order valence-corrected chi connectivity index (χ1v) is 9.07. The Labute approximate surface area is 139 Å². The summed E-state index contributed by atoms with van der Waals surface area (Å²) in [5, 5.41) is 27.7. The Morgan fingerprint density at radius 2 is 2.13 bits per heavy atom. The van der Waals surface area contributed by atoms with Crippen LogP contribution in [0.4, 0.5) is 4.79 Å². The molecule has 2 heterocycles. The molecule has 7 N–H and O–H groups in total. The van der Waals surface area contributed by atoms with Crippen molar-refractivity contribution in [3.05, 3.63) is 0 Å². The maximum atomic E-state index is 11.7. The van der Waals surface area contributed by atoms with Crippen molar-refractivity contribution in [3.8, 4) is 0 Å². The lowest BCUT2D eigenvalue weighted by molar-refractivity contribution is -0.122. The first kappa shape index (κ1) is 18.3. The third-order valence-corrected chi connectivity index (χ3v) is 5.78. The predicted molar refractivity (Wildman–Crippen MR) is 88.0 cm³/mol. The van der Waals surface area contributed by atoms with Gasteiger partial charge in [-0.2, -0.15) is 11.8 Å². The van der Waals surface area contributed by atoms with Crippen LogP contribution in [0, 0.1) is 0 Å². The number of hydrogen-bond acceptors (Lipinski definition) is 6. The number of hydrogen-bond donors (Lipinski definition) is 6. The van der Waals surface area contributed by atoms with Gasteiger partial charge in [0.25, 0.3) is 0 Å². The summed E-state index contributed by atoms with van der Waals surface area (Å²) in [6.45, 7) is -0.0270. The van der Waals surface area contributed by atoms with Gasteiger partial charge in [0.1, 0.15) is 0 Å².